The summed E-state index contributed by atoms with van der Waals surface area (Å²) in [5.41, 5.74) is 4.44. The van der Waals surface area contributed by atoms with Gasteiger partial charge in [0.2, 0.25) is 6.41 Å². The molecular weight excluding hydrogens is 380 g/mol. The largest absolute Gasteiger partial charge is 0.481 e. The average Bonchev–Trinajstić information content (AvgIpc) is 3.07. The van der Waals surface area contributed by atoms with Gasteiger partial charge in [0.25, 0.3) is 0 Å². The Morgan fingerprint density at radius 3 is 2.57 bits per heavy atom. The molecule has 1 amide bonds. The maximum absolute atomic E-state index is 11.2. The first kappa shape index (κ1) is 19.7. The number of amides is 1. The number of aliphatic hydroxyl groups excluding tert-OH is 1. The molecule has 152 valence electrons. The van der Waals surface area contributed by atoms with Crippen LogP contribution in [0.15, 0.2) is 66.7 Å². The molecule has 0 bridgehead atoms. The number of fused-ring (bicyclic) bond motifs is 3. The van der Waals surface area contributed by atoms with Crippen LogP contribution in [0.4, 0.5) is 5.69 Å². The Morgan fingerprint density at radius 2 is 1.83 bits per heavy atom. The average molecular weight is 402 g/mol. The molecule has 0 radical (unpaired) electrons. The number of aromatic nitrogens is 1. The van der Waals surface area contributed by atoms with E-state index in [0.717, 1.165) is 27.4 Å². The lowest BCUT2D eigenvalue weighted by Gasteiger charge is -2.11. The van der Waals surface area contributed by atoms with Gasteiger partial charge in [0.05, 0.1) is 17.3 Å². The molecule has 0 aliphatic rings. The normalized spacial score (nSPS) is 12.2. The van der Waals surface area contributed by atoms with Gasteiger partial charge in [0.1, 0.15) is 0 Å². The molecule has 4 rings (SSSR count). The van der Waals surface area contributed by atoms with Crippen molar-refractivity contribution in [2.45, 2.75) is 25.5 Å². The van der Waals surface area contributed by atoms with Crippen LogP contribution in [0.2, 0.25) is 0 Å². The number of aliphatic carboxylic acids is 1. The first-order chi connectivity index (χ1) is 14.6. The molecule has 1 unspecified atom stereocenters. The van der Waals surface area contributed by atoms with Crippen molar-refractivity contribution in [1.82, 2.24) is 4.57 Å². The number of carboxylic acids is 1. The van der Waals surface area contributed by atoms with Gasteiger partial charge in [-0.2, -0.15) is 0 Å². The molecule has 4 aromatic rings. The van der Waals surface area contributed by atoms with Gasteiger partial charge >= 0.3 is 5.97 Å². The minimum atomic E-state index is -0.938. The minimum absolute atomic E-state index is 0.104. The number of hydrogen-bond donors (Lipinski definition) is 3. The summed E-state index contributed by atoms with van der Waals surface area (Å²) in [5.74, 6) is -0.938. The molecule has 1 atom stereocenters. The molecule has 30 heavy (non-hydrogen) atoms. The lowest BCUT2D eigenvalue weighted by atomic mass is 10.0. The second-order valence-electron chi connectivity index (χ2n) is 7.26. The van der Waals surface area contributed by atoms with E-state index in [-0.39, 0.29) is 12.8 Å². The van der Waals surface area contributed by atoms with Crippen molar-refractivity contribution in [1.29, 1.82) is 0 Å². The topological polar surface area (TPSA) is 91.6 Å². The number of carboxylic acid groups (broad SMARTS) is 1. The standard InChI is InChI=1S/C24H22N2O4/c27-15-25-19-7-4-8-21-24(19)18-13-17(22(28)11-12-23(29)30)9-10-20(18)26(21)14-16-5-2-1-3-6-16/h1-10,13,15,22,28H,11-12,14H2,(H,25,27)(H,29,30). The number of anilines is 1. The van der Waals surface area contributed by atoms with Crippen LogP contribution < -0.4 is 5.32 Å². The van der Waals surface area contributed by atoms with Crippen molar-refractivity contribution >= 4 is 39.9 Å². The zero-order chi connectivity index (χ0) is 21.1. The summed E-state index contributed by atoms with van der Waals surface area (Å²) in [5, 5.41) is 23.9. The van der Waals surface area contributed by atoms with E-state index < -0.39 is 12.1 Å². The third-order valence-electron chi connectivity index (χ3n) is 5.33. The van der Waals surface area contributed by atoms with Crippen molar-refractivity contribution in [2.75, 3.05) is 5.32 Å². The van der Waals surface area contributed by atoms with Gasteiger partial charge in [-0.1, -0.05) is 42.5 Å². The van der Waals surface area contributed by atoms with Gasteiger partial charge in [0.15, 0.2) is 0 Å². The van der Waals surface area contributed by atoms with E-state index in [4.69, 9.17) is 5.11 Å². The van der Waals surface area contributed by atoms with Crippen molar-refractivity contribution < 1.29 is 19.8 Å². The molecule has 0 aliphatic heterocycles. The summed E-state index contributed by atoms with van der Waals surface area (Å²) in [7, 11) is 0. The summed E-state index contributed by atoms with van der Waals surface area (Å²) in [6.07, 6.45) is -0.180. The van der Waals surface area contributed by atoms with E-state index in [1.807, 2.05) is 54.6 Å². The molecule has 6 nitrogen and oxygen atoms in total. The van der Waals surface area contributed by atoms with Crippen LogP contribution >= 0.6 is 0 Å². The molecule has 0 spiro atoms. The lowest BCUT2D eigenvalue weighted by Crippen LogP contribution is -2.03. The molecule has 0 fully saturated rings. The molecule has 6 heteroatoms. The molecule has 0 aliphatic carbocycles. The van der Waals surface area contributed by atoms with Crippen LogP contribution in [0.5, 0.6) is 0 Å². The monoisotopic (exact) mass is 402 g/mol. The minimum Gasteiger partial charge on any atom is -0.481 e. The van der Waals surface area contributed by atoms with Crippen LogP contribution in [-0.4, -0.2) is 27.2 Å². The van der Waals surface area contributed by atoms with Crippen molar-refractivity contribution in [3.05, 3.63) is 77.9 Å². The predicted octanol–water partition coefficient (Wildman–Crippen LogP) is 4.31. The van der Waals surface area contributed by atoms with Gasteiger partial charge in [-0.3, -0.25) is 9.59 Å². The summed E-state index contributed by atoms with van der Waals surface area (Å²) in [4.78, 5) is 22.0. The smallest absolute Gasteiger partial charge is 0.303 e. The van der Waals surface area contributed by atoms with E-state index in [0.29, 0.717) is 24.2 Å². The highest BCUT2D eigenvalue weighted by Gasteiger charge is 2.17. The van der Waals surface area contributed by atoms with Crippen LogP contribution in [0, 0.1) is 0 Å². The molecular formula is C24H22N2O4. The Hall–Kier alpha value is -3.64. The zero-order valence-corrected chi connectivity index (χ0v) is 16.3. The van der Waals surface area contributed by atoms with E-state index in [9.17, 15) is 14.7 Å². The van der Waals surface area contributed by atoms with Gasteiger partial charge in [-0.05, 0) is 41.8 Å². The van der Waals surface area contributed by atoms with Gasteiger partial charge in [0, 0.05) is 29.3 Å². The number of carbonyl (C=O) groups is 2. The molecule has 0 saturated heterocycles. The van der Waals surface area contributed by atoms with Crippen molar-refractivity contribution in [3.63, 3.8) is 0 Å². The number of carbonyl (C=O) groups excluding carboxylic acids is 1. The van der Waals surface area contributed by atoms with E-state index in [2.05, 4.69) is 22.0 Å². The van der Waals surface area contributed by atoms with Crippen LogP contribution in [-0.2, 0) is 16.1 Å². The van der Waals surface area contributed by atoms with Crippen molar-refractivity contribution in [2.24, 2.45) is 0 Å². The van der Waals surface area contributed by atoms with Gasteiger partial charge < -0.3 is 20.1 Å². The summed E-state index contributed by atoms with van der Waals surface area (Å²) in [6, 6.07) is 21.5. The number of nitrogens with zero attached hydrogens (tertiary/aromatic N) is 1. The number of benzene rings is 3. The maximum atomic E-state index is 11.2. The fraction of sp³-hybridized carbons (Fsp3) is 0.167. The summed E-state index contributed by atoms with van der Waals surface area (Å²) < 4.78 is 2.18. The third kappa shape index (κ3) is 3.77. The molecule has 3 N–H and O–H groups in total. The Bertz CT molecular complexity index is 1210. The number of rotatable bonds is 8. The molecule has 3 aromatic carbocycles. The van der Waals surface area contributed by atoms with E-state index in [1.165, 1.54) is 0 Å². The van der Waals surface area contributed by atoms with Gasteiger partial charge in [-0.15, -0.1) is 0 Å². The fourth-order valence-electron chi connectivity index (χ4n) is 3.92. The highest BCUT2D eigenvalue weighted by atomic mass is 16.4. The first-order valence-electron chi connectivity index (χ1n) is 9.77. The SMILES string of the molecule is O=CNc1cccc2c1c1cc(C(O)CCC(=O)O)ccc1n2Cc1ccccc1. The Labute approximate surface area is 173 Å². The molecule has 1 heterocycles. The Kier molecular flexibility index (Phi) is 5.50. The third-order valence-corrected chi connectivity index (χ3v) is 5.33. The van der Waals surface area contributed by atoms with Crippen LogP contribution in [0.1, 0.15) is 30.1 Å². The second-order valence-corrected chi connectivity index (χ2v) is 7.26. The highest BCUT2D eigenvalue weighted by Crippen LogP contribution is 2.36. The Balaban J connectivity index is 1.89. The number of hydrogen-bond acceptors (Lipinski definition) is 3. The fourth-order valence-corrected chi connectivity index (χ4v) is 3.92. The van der Waals surface area contributed by atoms with E-state index in [1.54, 1.807) is 0 Å². The Morgan fingerprint density at radius 1 is 1.03 bits per heavy atom. The summed E-state index contributed by atoms with van der Waals surface area (Å²) >= 11 is 0. The quantitative estimate of drug-likeness (QED) is 0.383. The zero-order valence-electron chi connectivity index (χ0n) is 16.3. The maximum Gasteiger partial charge on any atom is 0.303 e. The van der Waals surface area contributed by atoms with Gasteiger partial charge in [-0.25, -0.2) is 0 Å². The van der Waals surface area contributed by atoms with E-state index >= 15 is 0 Å². The first-order valence-corrected chi connectivity index (χ1v) is 9.77. The highest BCUT2D eigenvalue weighted by molar-refractivity contribution is 6.15. The molecule has 1 aromatic heterocycles. The predicted molar refractivity (Wildman–Crippen MR) is 117 cm³/mol. The van der Waals surface area contributed by atoms with Crippen LogP contribution in [0.25, 0.3) is 21.8 Å². The number of aliphatic hydroxyl groups is 1. The summed E-state index contributed by atoms with van der Waals surface area (Å²) in [6.45, 7) is 0.659. The lowest BCUT2D eigenvalue weighted by molar-refractivity contribution is -0.137. The number of nitrogens with one attached hydrogen (secondary N) is 1. The van der Waals surface area contributed by atoms with Crippen molar-refractivity contribution in [3.8, 4) is 0 Å². The van der Waals surface area contributed by atoms with Crippen LogP contribution in [0.3, 0.4) is 0 Å². The second kappa shape index (κ2) is 8.39. The molecule has 0 saturated carbocycles.